The summed E-state index contributed by atoms with van der Waals surface area (Å²) in [6.07, 6.45) is -1.34. The van der Waals surface area contributed by atoms with E-state index in [0.717, 1.165) is 12.1 Å². The normalized spacial score (nSPS) is 12.0. The van der Waals surface area contributed by atoms with Gasteiger partial charge in [-0.1, -0.05) is 17.7 Å². The van der Waals surface area contributed by atoms with Crippen LogP contribution in [0.15, 0.2) is 40.9 Å². The molecule has 11 heteroatoms. The monoisotopic (exact) mass is 401 g/mol. The minimum atomic E-state index is -4.44. The first-order valence-electron chi connectivity index (χ1n) is 7.18. The van der Waals surface area contributed by atoms with Gasteiger partial charge in [-0.3, -0.25) is 9.20 Å². The van der Waals surface area contributed by atoms with Crippen molar-refractivity contribution < 1.29 is 18.0 Å². The first kappa shape index (κ1) is 18.2. The second-order valence-corrected chi connectivity index (χ2v) is 6.30. The summed E-state index contributed by atoms with van der Waals surface area (Å²) >= 11 is 7.38. The van der Waals surface area contributed by atoms with Crippen molar-refractivity contribution in [2.24, 2.45) is 5.10 Å². The maximum atomic E-state index is 12.6. The Balaban J connectivity index is 1.56. The van der Waals surface area contributed by atoms with E-state index in [-0.39, 0.29) is 17.4 Å². The highest BCUT2D eigenvalue weighted by atomic mass is 35.5. The Labute approximate surface area is 154 Å². The van der Waals surface area contributed by atoms with Gasteiger partial charge in [-0.05, 0) is 18.2 Å². The minimum Gasteiger partial charge on any atom is -0.376 e. The largest absolute Gasteiger partial charge is 0.416 e. The number of hydrogen-bond acceptors (Lipinski definition) is 5. The Morgan fingerprint density at radius 1 is 1.42 bits per heavy atom. The molecule has 0 bridgehead atoms. The molecule has 3 aromatic rings. The van der Waals surface area contributed by atoms with Gasteiger partial charge in [0.25, 0.3) is 5.91 Å². The molecule has 0 aliphatic carbocycles. The van der Waals surface area contributed by atoms with Gasteiger partial charge in [0.05, 0.1) is 18.3 Å². The molecule has 0 unspecified atom stereocenters. The number of halogens is 4. The Bertz CT molecular complexity index is 966. The van der Waals surface area contributed by atoms with Crippen molar-refractivity contribution in [3.63, 3.8) is 0 Å². The van der Waals surface area contributed by atoms with Crippen molar-refractivity contribution >= 4 is 45.7 Å². The summed E-state index contributed by atoms with van der Waals surface area (Å²) < 4.78 is 39.6. The van der Waals surface area contributed by atoms with E-state index >= 15 is 0 Å². The van der Waals surface area contributed by atoms with Crippen LogP contribution in [-0.4, -0.2) is 28.1 Å². The van der Waals surface area contributed by atoms with Crippen LogP contribution in [0.25, 0.3) is 4.96 Å². The lowest BCUT2D eigenvalue weighted by Crippen LogP contribution is -2.26. The molecule has 0 aliphatic rings. The first-order valence-corrected chi connectivity index (χ1v) is 8.44. The number of amides is 1. The lowest BCUT2D eigenvalue weighted by Gasteiger charge is -2.09. The summed E-state index contributed by atoms with van der Waals surface area (Å²) in [5.74, 6) is -0.527. The number of fused-ring (bicyclic) bond motifs is 1. The van der Waals surface area contributed by atoms with Crippen molar-refractivity contribution in [1.82, 2.24) is 14.8 Å². The molecule has 0 atom stereocenters. The predicted octanol–water partition coefficient (Wildman–Crippen LogP) is 3.63. The third kappa shape index (κ3) is 4.14. The Kier molecular flexibility index (Phi) is 5.14. The highest BCUT2D eigenvalue weighted by Gasteiger charge is 2.30. The fraction of sp³-hybridized carbons (Fsp3) is 0.133. The Morgan fingerprint density at radius 2 is 2.23 bits per heavy atom. The third-order valence-electron chi connectivity index (χ3n) is 3.27. The highest BCUT2D eigenvalue weighted by molar-refractivity contribution is 7.15. The molecule has 0 aliphatic heterocycles. The maximum Gasteiger partial charge on any atom is 0.416 e. The molecular formula is C15H11ClF3N5OS. The van der Waals surface area contributed by atoms with E-state index in [4.69, 9.17) is 11.6 Å². The second kappa shape index (κ2) is 7.34. The van der Waals surface area contributed by atoms with E-state index in [2.05, 4.69) is 20.8 Å². The first-order chi connectivity index (χ1) is 12.3. The summed E-state index contributed by atoms with van der Waals surface area (Å²) in [6.45, 7) is -0.243. The number of anilines is 1. The molecule has 136 valence electrons. The number of hydrazone groups is 1. The summed E-state index contributed by atoms with van der Waals surface area (Å²) in [5.41, 5.74) is 2.16. The van der Waals surface area contributed by atoms with Crippen LogP contribution < -0.4 is 10.7 Å². The van der Waals surface area contributed by atoms with Gasteiger partial charge >= 0.3 is 6.18 Å². The maximum absolute atomic E-state index is 12.6. The zero-order valence-electron chi connectivity index (χ0n) is 12.9. The van der Waals surface area contributed by atoms with Gasteiger partial charge in [-0.25, -0.2) is 10.4 Å². The molecule has 0 saturated carbocycles. The molecule has 2 aromatic heterocycles. The number of carbonyl (C=O) groups excluding carboxylic acids is 1. The molecule has 6 nitrogen and oxygen atoms in total. The molecule has 2 N–H and O–H groups in total. The molecule has 0 radical (unpaired) electrons. The van der Waals surface area contributed by atoms with Crippen LogP contribution >= 0.6 is 22.9 Å². The summed E-state index contributed by atoms with van der Waals surface area (Å²) in [7, 11) is 0. The zero-order valence-corrected chi connectivity index (χ0v) is 14.5. The van der Waals surface area contributed by atoms with Gasteiger partial charge in [0.2, 0.25) is 0 Å². The standard InChI is InChI=1S/C15H11ClF3N5OS/c16-13-11(24-4-5-26-14(24)22-13)7-21-23-12(25)8-20-10-3-1-2-9(6-10)15(17,18)19/h1-7,20H,8H2,(H,23,25)/b21-7+. The molecule has 0 saturated heterocycles. The SMILES string of the molecule is O=C(CNc1cccc(C(F)(F)F)c1)N/N=C/c1c(Cl)nc2sccn12. The molecule has 2 heterocycles. The van der Waals surface area contributed by atoms with Crippen LogP contribution in [0.3, 0.4) is 0 Å². The molecule has 1 aromatic carbocycles. The number of carbonyl (C=O) groups is 1. The molecule has 26 heavy (non-hydrogen) atoms. The topological polar surface area (TPSA) is 70.8 Å². The minimum absolute atomic E-state index is 0.178. The van der Waals surface area contributed by atoms with E-state index in [1.165, 1.54) is 29.7 Å². The van der Waals surface area contributed by atoms with E-state index in [0.29, 0.717) is 10.7 Å². The number of benzene rings is 1. The van der Waals surface area contributed by atoms with Crippen molar-refractivity contribution in [2.45, 2.75) is 6.18 Å². The molecule has 0 fully saturated rings. The van der Waals surface area contributed by atoms with Gasteiger partial charge in [0.15, 0.2) is 10.1 Å². The number of aromatic nitrogens is 2. The number of alkyl halides is 3. The van der Waals surface area contributed by atoms with E-state index in [1.807, 2.05) is 5.38 Å². The molecule has 3 rings (SSSR count). The van der Waals surface area contributed by atoms with Crippen LogP contribution in [0.2, 0.25) is 5.15 Å². The van der Waals surface area contributed by atoms with Crippen LogP contribution in [0, 0.1) is 0 Å². The average Bonchev–Trinajstić information content (AvgIpc) is 3.14. The van der Waals surface area contributed by atoms with Crippen molar-refractivity contribution in [3.05, 3.63) is 52.3 Å². The number of rotatable bonds is 5. The van der Waals surface area contributed by atoms with Crippen molar-refractivity contribution in [1.29, 1.82) is 0 Å². The van der Waals surface area contributed by atoms with Crippen LogP contribution in [0.1, 0.15) is 11.3 Å². The van der Waals surface area contributed by atoms with Gasteiger partial charge in [-0.15, -0.1) is 11.3 Å². The summed E-state index contributed by atoms with van der Waals surface area (Å²) in [6, 6.07) is 4.58. The van der Waals surface area contributed by atoms with E-state index in [9.17, 15) is 18.0 Å². The summed E-state index contributed by atoms with van der Waals surface area (Å²) in [5, 5.41) is 8.47. The molecular weight excluding hydrogens is 391 g/mol. The smallest absolute Gasteiger partial charge is 0.376 e. The number of nitrogens with one attached hydrogen (secondary N) is 2. The fourth-order valence-electron chi connectivity index (χ4n) is 2.09. The quantitative estimate of drug-likeness (QED) is 0.506. The number of imidazole rings is 1. The van der Waals surface area contributed by atoms with E-state index in [1.54, 1.807) is 10.6 Å². The van der Waals surface area contributed by atoms with Crippen LogP contribution in [0.5, 0.6) is 0 Å². The van der Waals surface area contributed by atoms with Gasteiger partial charge in [-0.2, -0.15) is 18.3 Å². The number of hydrogen-bond donors (Lipinski definition) is 2. The average molecular weight is 402 g/mol. The fourth-order valence-corrected chi connectivity index (χ4v) is 3.08. The van der Waals surface area contributed by atoms with Gasteiger partial charge in [0.1, 0.15) is 5.69 Å². The Hall–Kier alpha value is -2.59. The van der Waals surface area contributed by atoms with Crippen molar-refractivity contribution in [3.8, 4) is 0 Å². The highest BCUT2D eigenvalue weighted by Crippen LogP contribution is 2.30. The summed E-state index contributed by atoms with van der Waals surface area (Å²) in [4.78, 5) is 16.6. The number of nitrogens with zero attached hydrogens (tertiary/aromatic N) is 3. The predicted molar refractivity (Wildman–Crippen MR) is 93.7 cm³/mol. The van der Waals surface area contributed by atoms with Gasteiger partial charge < -0.3 is 5.32 Å². The van der Waals surface area contributed by atoms with Crippen molar-refractivity contribution in [2.75, 3.05) is 11.9 Å². The van der Waals surface area contributed by atoms with E-state index < -0.39 is 17.6 Å². The zero-order chi connectivity index (χ0) is 18.7. The molecule has 1 amide bonds. The van der Waals surface area contributed by atoms with Crippen LogP contribution in [-0.2, 0) is 11.0 Å². The van der Waals surface area contributed by atoms with Crippen LogP contribution in [0.4, 0.5) is 18.9 Å². The van der Waals surface area contributed by atoms with Gasteiger partial charge in [0, 0.05) is 17.3 Å². The molecule has 0 spiro atoms. The lowest BCUT2D eigenvalue weighted by atomic mass is 10.2. The lowest BCUT2D eigenvalue weighted by molar-refractivity contribution is -0.137. The Morgan fingerprint density at radius 3 is 3.00 bits per heavy atom. The number of thiazole rings is 1. The second-order valence-electron chi connectivity index (χ2n) is 5.07. The third-order valence-corrected chi connectivity index (χ3v) is 4.31.